The van der Waals surface area contributed by atoms with Crippen LogP contribution >= 0.6 is 8.53 Å². The third-order valence-electron chi connectivity index (χ3n) is 5.49. The van der Waals surface area contributed by atoms with Crippen LogP contribution in [0.4, 0.5) is 0 Å². The number of ether oxygens (including phenoxy) is 1. The van der Waals surface area contributed by atoms with Crippen molar-refractivity contribution in [2.75, 3.05) is 32.8 Å². The Kier molecular flexibility index (Phi) is 9.69. The molecule has 8 heteroatoms. The Morgan fingerprint density at radius 2 is 1.97 bits per heavy atom. The van der Waals surface area contributed by atoms with Gasteiger partial charge in [0.25, 0.3) is 8.53 Å². The molecule has 0 aromatic heterocycles. The van der Waals surface area contributed by atoms with E-state index in [0.717, 1.165) is 0 Å². The molecular formula is C21H39BN3O3P. The largest absolute Gasteiger partial charge is 0.377 e. The summed E-state index contributed by atoms with van der Waals surface area (Å²) in [6.45, 7) is 17.9. The maximum absolute atomic E-state index is 8.25. The molecule has 1 saturated heterocycles. The number of rotatable bonds is 10. The Hall–Kier alpha value is -0.215. The van der Waals surface area contributed by atoms with E-state index >= 15 is 0 Å². The van der Waals surface area contributed by atoms with Crippen molar-refractivity contribution in [3.05, 3.63) is 11.4 Å². The summed E-state index contributed by atoms with van der Waals surface area (Å²) in [7, 11) is 4.92. The lowest BCUT2D eigenvalue weighted by molar-refractivity contribution is -0.144. The van der Waals surface area contributed by atoms with Crippen LogP contribution < -0.4 is 0 Å². The summed E-state index contributed by atoms with van der Waals surface area (Å²) in [6.07, 6.45) is 6.23. The van der Waals surface area contributed by atoms with Gasteiger partial charge < -0.3 is 18.6 Å². The van der Waals surface area contributed by atoms with E-state index in [1.54, 1.807) is 0 Å². The molecule has 0 amide bonds. The lowest BCUT2D eigenvalue weighted by Crippen LogP contribution is -2.59. The average molecular weight is 424 g/mol. The Labute approximate surface area is 182 Å². The molecule has 29 heavy (non-hydrogen) atoms. The molecule has 164 valence electrons. The van der Waals surface area contributed by atoms with Gasteiger partial charge in [-0.15, -0.1) is 0 Å². The van der Waals surface area contributed by atoms with Crippen LogP contribution in [0.1, 0.15) is 68.1 Å². The summed E-state index contributed by atoms with van der Waals surface area (Å²) in [5.74, 6) is 0. The van der Waals surface area contributed by atoms with Crippen molar-refractivity contribution >= 4 is 16.4 Å². The zero-order chi connectivity index (χ0) is 22.1. The zero-order valence-electron chi connectivity index (χ0n) is 19.7. The first-order valence-electron chi connectivity index (χ1n) is 11.7. The van der Waals surface area contributed by atoms with E-state index in [9.17, 15) is 0 Å². The summed E-state index contributed by atoms with van der Waals surface area (Å²) < 4.78 is 28.9. The molecule has 1 saturated carbocycles. The van der Waals surface area contributed by atoms with Crippen molar-refractivity contribution in [3.8, 4) is 0 Å². The maximum Gasteiger partial charge on any atom is 0.259 e. The van der Waals surface area contributed by atoms with Crippen LogP contribution in [0.3, 0.4) is 0 Å². The second-order valence-electron chi connectivity index (χ2n) is 8.85. The van der Waals surface area contributed by atoms with Crippen LogP contribution in [-0.4, -0.2) is 80.0 Å². The fourth-order valence-corrected chi connectivity index (χ4v) is 6.03. The van der Waals surface area contributed by atoms with Gasteiger partial charge >= 0.3 is 0 Å². The first-order chi connectivity index (χ1) is 14.3. The summed E-state index contributed by atoms with van der Waals surface area (Å²) in [6, 6.07) is 0.600. The fourth-order valence-electron chi connectivity index (χ4n) is 4.35. The highest BCUT2D eigenvalue weighted by Gasteiger charge is 2.40. The zero-order valence-corrected chi connectivity index (χ0v) is 19.6. The van der Waals surface area contributed by atoms with Crippen LogP contribution in [0.15, 0.2) is 0 Å². The molecule has 2 fully saturated rings. The van der Waals surface area contributed by atoms with E-state index in [0.29, 0.717) is 32.3 Å². The third kappa shape index (κ3) is 7.76. The van der Waals surface area contributed by atoms with Crippen LogP contribution in [0.25, 0.3) is 4.85 Å². The van der Waals surface area contributed by atoms with Crippen LogP contribution in [0.2, 0.25) is 0 Å². The van der Waals surface area contributed by atoms with E-state index in [2.05, 4.69) is 42.1 Å². The Morgan fingerprint density at radius 1 is 1.28 bits per heavy atom. The molecule has 0 aromatic rings. The van der Waals surface area contributed by atoms with Gasteiger partial charge in [-0.3, -0.25) is 4.90 Å². The summed E-state index contributed by atoms with van der Waals surface area (Å²) in [4.78, 5) is 5.82. The van der Waals surface area contributed by atoms with Crippen molar-refractivity contribution in [3.63, 3.8) is 0 Å². The van der Waals surface area contributed by atoms with Crippen molar-refractivity contribution in [2.45, 2.75) is 96.4 Å². The molecule has 3 atom stereocenters. The molecule has 0 N–H and O–H groups in total. The lowest BCUT2D eigenvalue weighted by Gasteiger charge is -2.48. The standard InChI is InChI=1S/C21H39BN3O3P/c1-17(2)25(18(3)4)29(26-13-12-23-6)27-16-21(5)15-24(14-20(22)28-21)19-10-8-7-9-11-19/h17-20H,7-16H2,1-5H3/t20-,21+,29?/m1/s1/i5D. The number of morpholine rings is 1. The van der Waals surface area contributed by atoms with Gasteiger partial charge in [-0.2, -0.15) is 0 Å². The summed E-state index contributed by atoms with van der Waals surface area (Å²) in [5.41, 5.74) is -0.752. The quantitative estimate of drug-likeness (QED) is 0.228. The van der Waals surface area contributed by atoms with Gasteiger partial charge in [0.2, 0.25) is 6.54 Å². The second kappa shape index (κ2) is 12.0. The van der Waals surface area contributed by atoms with Gasteiger partial charge in [0.1, 0.15) is 20.1 Å². The van der Waals surface area contributed by atoms with Gasteiger partial charge in [0, 0.05) is 38.6 Å². The topological polar surface area (TPSA) is 38.5 Å². The molecule has 0 bridgehead atoms. The number of hydrogen-bond donors (Lipinski definition) is 0. The molecule has 1 heterocycles. The van der Waals surface area contributed by atoms with E-state index in [-0.39, 0.29) is 25.6 Å². The fraction of sp³-hybridized carbons (Fsp3) is 0.952. The molecule has 6 nitrogen and oxygen atoms in total. The third-order valence-corrected chi connectivity index (χ3v) is 7.54. The SMILES string of the molecule is [2H]C[C@@]1(COP(OCC[N+]#[C-])N(C(C)C)C(C)C)CN(C2CCCCC2)C[C@H]([B])O1. The van der Waals surface area contributed by atoms with E-state index < -0.39 is 20.1 Å². The molecule has 0 spiro atoms. The van der Waals surface area contributed by atoms with Gasteiger partial charge in [-0.05, 0) is 47.4 Å². The normalized spacial score (nSPS) is 28.6. The smallest absolute Gasteiger partial charge is 0.259 e. The predicted molar refractivity (Wildman–Crippen MR) is 120 cm³/mol. The van der Waals surface area contributed by atoms with Crippen molar-refractivity contribution in [2.24, 2.45) is 0 Å². The van der Waals surface area contributed by atoms with Crippen LogP contribution in [0.5, 0.6) is 0 Å². The minimum absolute atomic E-state index is 0.0957. The molecule has 2 rings (SSSR count). The van der Waals surface area contributed by atoms with Crippen LogP contribution in [0, 0.1) is 6.57 Å². The molecule has 2 radical (unpaired) electrons. The van der Waals surface area contributed by atoms with E-state index in [1.807, 2.05) is 0 Å². The Balaban J connectivity index is 2.09. The molecular weight excluding hydrogens is 384 g/mol. The minimum Gasteiger partial charge on any atom is -0.377 e. The highest BCUT2D eigenvalue weighted by Crippen LogP contribution is 2.47. The Bertz CT molecular complexity index is 540. The molecule has 1 aliphatic carbocycles. The lowest BCUT2D eigenvalue weighted by atomic mass is 9.88. The summed E-state index contributed by atoms with van der Waals surface area (Å²) in [5, 5.41) is 0. The maximum atomic E-state index is 8.25. The van der Waals surface area contributed by atoms with Gasteiger partial charge in [0.15, 0.2) is 0 Å². The van der Waals surface area contributed by atoms with Gasteiger partial charge in [-0.25, -0.2) is 11.2 Å². The number of hydrogen-bond acceptors (Lipinski definition) is 5. The summed E-state index contributed by atoms with van der Waals surface area (Å²) >= 11 is 0. The first-order valence-corrected chi connectivity index (χ1v) is 12.1. The average Bonchev–Trinajstić information content (AvgIpc) is 2.71. The van der Waals surface area contributed by atoms with E-state index in [4.69, 9.17) is 29.6 Å². The molecule has 0 aromatic carbocycles. The predicted octanol–water partition coefficient (Wildman–Crippen LogP) is 4.20. The van der Waals surface area contributed by atoms with E-state index in [1.165, 1.54) is 32.1 Å². The second-order valence-corrected chi connectivity index (χ2v) is 10.3. The highest BCUT2D eigenvalue weighted by atomic mass is 31.2. The molecule has 1 unspecified atom stereocenters. The minimum atomic E-state index is -1.35. The van der Waals surface area contributed by atoms with Crippen molar-refractivity contribution < 1.29 is 15.2 Å². The molecule has 1 aliphatic heterocycles. The number of nitrogens with zero attached hydrogens (tertiary/aromatic N) is 3. The van der Waals surface area contributed by atoms with Crippen LogP contribution in [-0.2, 0) is 13.8 Å². The van der Waals surface area contributed by atoms with Crippen molar-refractivity contribution in [1.82, 2.24) is 9.57 Å². The first kappa shape index (κ1) is 23.4. The monoisotopic (exact) mass is 424 g/mol. The molecule has 2 aliphatic rings. The Morgan fingerprint density at radius 3 is 2.55 bits per heavy atom. The van der Waals surface area contributed by atoms with Gasteiger partial charge in [0.05, 0.1) is 6.61 Å². The highest BCUT2D eigenvalue weighted by molar-refractivity contribution is 7.44. The van der Waals surface area contributed by atoms with Gasteiger partial charge in [-0.1, -0.05) is 19.3 Å². The van der Waals surface area contributed by atoms with Crippen molar-refractivity contribution in [1.29, 1.82) is 0 Å².